The number of thiazole rings is 1. The van der Waals surface area contributed by atoms with Crippen LogP contribution in [0.4, 0.5) is 18.3 Å². The van der Waals surface area contributed by atoms with E-state index in [2.05, 4.69) is 10.3 Å². The van der Waals surface area contributed by atoms with Gasteiger partial charge in [-0.05, 0) is 6.42 Å². The number of halogens is 3. The number of aliphatic carboxylic acids is 1. The van der Waals surface area contributed by atoms with Crippen molar-refractivity contribution in [2.24, 2.45) is 0 Å². The Bertz CT molecular complexity index is 392. The average Bonchev–Trinajstić information content (AvgIpc) is 2.64. The molecule has 0 fully saturated rings. The minimum atomic E-state index is -4.50. The summed E-state index contributed by atoms with van der Waals surface area (Å²) in [4.78, 5) is 14.1. The second-order valence-electron chi connectivity index (χ2n) is 3.36. The maximum atomic E-state index is 12.2. The zero-order valence-corrected chi connectivity index (χ0v) is 9.73. The Morgan fingerprint density at radius 3 is 2.71 bits per heavy atom. The molecule has 1 heterocycles. The first-order chi connectivity index (χ1) is 7.84. The maximum absolute atomic E-state index is 12.2. The predicted molar refractivity (Wildman–Crippen MR) is 57.1 cm³/mol. The fourth-order valence-corrected chi connectivity index (χ4v) is 1.94. The first kappa shape index (κ1) is 13.8. The highest BCUT2D eigenvalue weighted by Gasteiger charge is 2.34. The van der Waals surface area contributed by atoms with Gasteiger partial charge in [-0.2, -0.15) is 13.2 Å². The molecule has 17 heavy (non-hydrogen) atoms. The van der Waals surface area contributed by atoms with Crippen molar-refractivity contribution in [1.29, 1.82) is 0 Å². The summed E-state index contributed by atoms with van der Waals surface area (Å²) in [5.74, 6) is -1.10. The molecule has 8 heteroatoms. The molecule has 1 rings (SSSR count). The molecule has 1 unspecified atom stereocenters. The standard InChI is InChI=1S/C9H11F3N2O2S/c1-2-3-5(7(15)16)13-8-14-6(4-17-8)9(10,11)12/h4-5H,2-3H2,1H3,(H,13,14)(H,15,16). The number of alkyl halides is 3. The maximum Gasteiger partial charge on any atom is 0.434 e. The Balaban J connectivity index is 2.74. The van der Waals surface area contributed by atoms with Crippen molar-refractivity contribution in [3.8, 4) is 0 Å². The third kappa shape index (κ3) is 3.88. The number of nitrogens with zero attached hydrogens (tertiary/aromatic N) is 1. The van der Waals surface area contributed by atoms with Crippen LogP contribution in [0.5, 0.6) is 0 Å². The summed E-state index contributed by atoms with van der Waals surface area (Å²) >= 11 is 0.742. The van der Waals surface area contributed by atoms with Crippen LogP contribution in [-0.2, 0) is 11.0 Å². The summed E-state index contributed by atoms with van der Waals surface area (Å²) in [6, 6.07) is -0.910. The molecule has 1 atom stereocenters. The molecule has 2 N–H and O–H groups in total. The molecule has 0 saturated carbocycles. The second kappa shape index (κ2) is 5.35. The van der Waals surface area contributed by atoms with E-state index in [4.69, 9.17) is 5.11 Å². The van der Waals surface area contributed by atoms with Gasteiger partial charge in [0, 0.05) is 5.38 Å². The van der Waals surface area contributed by atoms with Crippen LogP contribution < -0.4 is 5.32 Å². The third-order valence-corrected chi connectivity index (χ3v) is 2.74. The molecular formula is C9H11F3N2O2S. The lowest BCUT2D eigenvalue weighted by molar-refractivity contribution is -0.140. The van der Waals surface area contributed by atoms with Crippen molar-refractivity contribution >= 4 is 22.4 Å². The van der Waals surface area contributed by atoms with E-state index in [0.717, 1.165) is 16.7 Å². The summed E-state index contributed by atoms with van der Waals surface area (Å²) in [6.45, 7) is 1.79. The highest BCUT2D eigenvalue weighted by molar-refractivity contribution is 7.13. The van der Waals surface area contributed by atoms with Gasteiger partial charge < -0.3 is 10.4 Å². The molecule has 0 bridgehead atoms. The molecule has 4 nitrogen and oxygen atoms in total. The molecule has 0 spiro atoms. The van der Waals surface area contributed by atoms with Gasteiger partial charge in [-0.15, -0.1) is 11.3 Å². The third-order valence-electron chi connectivity index (χ3n) is 1.97. The summed E-state index contributed by atoms with van der Waals surface area (Å²) in [5.41, 5.74) is -1.01. The lowest BCUT2D eigenvalue weighted by atomic mass is 10.2. The van der Waals surface area contributed by atoms with E-state index < -0.39 is 23.9 Å². The number of nitrogens with one attached hydrogen (secondary N) is 1. The Hall–Kier alpha value is -1.31. The largest absolute Gasteiger partial charge is 0.480 e. The molecule has 0 aliphatic carbocycles. The average molecular weight is 268 g/mol. The van der Waals surface area contributed by atoms with Crippen LogP contribution in [0.2, 0.25) is 0 Å². The lowest BCUT2D eigenvalue weighted by Crippen LogP contribution is -2.28. The fourth-order valence-electron chi connectivity index (χ4n) is 1.17. The van der Waals surface area contributed by atoms with E-state index in [-0.39, 0.29) is 5.13 Å². The minimum Gasteiger partial charge on any atom is -0.480 e. The van der Waals surface area contributed by atoms with Crippen LogP contribution in [0.25, 0.3) is 0 Å². The summed E-state index contributed by atoms with van der Waals surface area (Å²) in [5, 5.41) is 12.1. The highest BCUT2D eigenvalue weighted by Crippen LogP contribution is 2.31. The topological polar surface area (TPSA) is 62.2 Å². The molecule has 96 valence electrons. The van der Waals surface area contributed by atoms with Gasteiger partial charge in [-0.25, -0.2) is 9.78 Å². The zero-order chi connectivity index (χ0) is 13.1. The van der Waals surface area contributed by atoms with Gasteiger partial charge in [-0.3, -0.25) is 0 Å². The number of hydrogen-bond donors (Lipinski definition) is 2. The van der Waals surface area contributed by atoms with E-state index >= 15 is 0 Å². The fraction of sp³-hybridized carbons (Fsp3) is 0.556. The van der Waals surface area contributed by atoms with Crippen molar-refractivity contribution in [2.75, 3.05) is 5.32 Å². The number of rotatable bonds is 5. The van der Waals surface area contributed by atoms with E-state index in [1.54, 1.807) is 6.92 Å². The second-order valence-corrected chi connectivity index (χ2v) is 4.22. The molecule has 0 radical (unpaired) electrons. The zero-order valence-electron chi connectivity index (χ0n) is 8.91. The Morgan fingerprint density at radius 2 is 2.29 bits per heavy atom. The molecule has 0 aliphatic rings. The first-order valence-corrected chi connectivity index (χ1v) is 5.74. The van der Waals surface area contributed by atoms with Crippen LogP contribution in [0.1, 0.15) is 25.5 Å². The number of anilines is 1. The van der Waals surface area contributed by atoms with Crippen LogP contribution in [0, 0.1) is 0 Å². The van der Waals surface area contributed by atoms with Crippen molar-refractivity contribution in [2.45, 2.75) is 32.0 Å². The van der Waals surface area contributed by atoms with Gasteiger partial charge in [0.1, 0.15) is 6.04 Å². The summed E-state index contributed by atoms with van der Waals surface area (Å²) in [7, 11) is 0. The Morgan fingerprint density at radius 1 is 1.65 bits per heavy atom. The van der Waals surface area contributed by atoms with Crippen molar-refractivity contribution in [3.05, 3.63) is 11.1 Å². The highest BCUT2D eigenvalue weighted by atomic mass is 32.1. The molecule has 0 aromatic carbocycles. The van der Waals surface area contributed by atoms with Gasteiger partial charge in [0.15, 0.2) is 10.8 Å². The van der Waals surface area contributed by atoms with Crippen molar-refractivity contribution in [3.63, 3.8) is 0 Å². The first-order valence-electron chi connectivity index (χ1n) is 4.86. The number of carbonyl (C=O) groups is 1. The van der Waals surface area contributed by atoms with Crippen molar-refractivity contribution in [1.82, 2.24) is 4.98 Å². The smallest absolute Gasteiger partial charge is 0.434 e. The van der Waals surface area contributed by atoms with Gasteiger partial charge in [-0.1, -0.05) is 13.3 Å². The number of carboxylic acid groups (broad SMARTS) is 1. The van der Waals surface area contributed by atoms with Crippen LogP contribution in [-0.4, -0.2) is 22.1 Å². The summed E-state index contributed by atoms with van der Waals surface area (Å²) < 4.78 is 36.7. The molecule has 0 amide bonds. The van der Waals surface area contributed by atoms with E-state index in [9.17, 15) is 18.0 Å². The lowest BCUT2D eigenvalue weighted by Gasteiger charge is -2.11. The van der Waals surface area contributed by atoms with Crippen LogP contribution in [0.3, 0.4) is 0 Å². The molecule has 1 aromatic rings. The van der Waals surface area contributed by atoms with Crippen LogP contribution in [0.15, 0.2) is 5.38 Å². The molecule has 1 aromatic heterocycles. The van der Waals surface area contributed by atoms with E-state index in [0.29, 0.717) is 12.8 Å². The summed E-state index contributed by atoms with van der Waals surface area (Å²) in [6.07, 6.45) is -3.56. The van der Waals surface area contributed by atoms with Gasteiger partial charge in [0.25, 0.3) is 0 Å². The monoisotopic (exact) mass is 268 g/mol. The minimum absolute atomic E-state index is 0.0295. The Labute approximate surface area is 99.5 Å². The quantitative estimate of drug-likeness (QED) is 0.862. The van der Waals surface area contributed by atoms with Gasteiger partial charge in [0.05, 0.1) is 0 Å². The van der Waals surface area contributed by atoms with Crippen molar-refractivity contribution < 1.29 is 23.1 Å². The number of aromatic nitrogens is 1. The van der Waals surface area contributed by atoms with Crippen LogP contribution >= 0.6 is 11.3 Å². The number of hydrogen-bond acceptors (Lipinski definition) is 4. The van der Waals surface area contributed by atoms with Gasteiger partial charge in [0.2, 0.25) is 0 Å². The Kier molecular flexibility index (Phi) is 4.33. The normalized spacial score (nSPS) is 13.4. The molecule has 0 saturated heterocycles. The number of carboxylic acids is 1. The predicted octanol–water partition coefficient (Wildman–Crippen LogP) is 2.83. The van der Waals surface area contributed by atoms with Gasteiger partial charge >= 0.3 is 12.1 Å². The molecular weight excluding hydrogens is 257 g/mol. The SMILES string of the molecule is CCCC(Nc1nc(C(F)(F)F)cs1)C(=O)O. The molecule has 0 aliphatic heterocycles. The van der Waals surface area contributed by atoms with E-state index in [1.807, 2.05) is 0 Å². The van der Waals surface area contributed by atoms with E-state index in [1.165, 1.54) is 0 Å².